The fourth-order valence-electron chi connectivity index (χ4n) is 2.10. The van der Waals surface area contributed by atoms with Crippen LogP contribution in [0, 0.1) is 6.92 Å². The van der Waals surface area contributed by atoms with Gasteiger partial charge in [-0.25, -0.2) is 9.97 Å². The minimum absolute atomic E-state index is 0.136. The van der Waals surface area contributed by atoms with Crippen molar-refractivity contribution in [2.24, 2.45) is 0 Å². The predicted molar refractivity (Wildman–Crippen MR) is 93.9 cm³/mol. The second-order valence-corrected chi connectivity index (χ2v) is 6.28. The summed E-state index contributed by atoms with van der Waals surface area (Å²) in [5.41, 5.74) is 2.53. The van der Waals surface area contributed by atoms with Crippen molar-refractivity contribution in [1.82, 2.24) is 9.97 Å². The number of hydrogen-bond acceptors (Lipinski definition) is 4. The zero-order valence-electron chi connectivity index (χ0n) is 12.4. The lowest BCUT2D eigenvalue weighted by Gasteiger charge is -2.05. The smallest absolute Gasteiger partial charge is 0.231 e. The molecule has 0 fully saturated rings. The third kappa shape index (κ3) is 3.75. The highest BCUT2D eigenvalue weighted by Crippen LogP contribution is 2.30. The molecule has 0 bridgehead atoms. The summed E-state index contributed by atoms with van der Waals surface area (Å²) in [4.78, 5) is 20.8. The third-order valence-electron chi connectivity index (χ3n) is 3.26. The number of nitrogens with one attached hydrogen (secondary N) is 1. The molecule has 0 aliphatic carbocycles. The largest absolute Gasteiger partial charge is 0.310 e. The van der Waals surface area contributed by atoms with E-state index in [1.54, 1.807) is 6.20 Å². The molecule has 0 aliphatic heterocycles. The number of thiazole rings is 1. The van der Waals surface area contributed by atoms with Crippen LogP contribution >= 0.6 is 22.9 Å². The lowest BCUT2D eigenvalue weighted by Crippen LogP contribution is -2.16. The van der Waals surface area contributed by atoms with Crippen LogP contribution in [0.2, 0.25) is 5.02 Å². The molecule has 3 aromatic rings. The van der Waals surface area contributed by atoms with Crippen LogP contribution in [0.4, 0.5) is 5.82 Å². The van der Waals surface area contributed by atoms with E-state index in [-0.39, 0.29) is 12.3 Å². The number of rotatable bonds is 4. The van der Waals surface area contributed by atoms with E-state index in [0.29, 0.717) is 10.8 Å². The molecule has 3 rings (SSSR count). The van der Waals surface area contributed by atoms with E-state index in [2.05, 4.69) is 15.3 Å². The Morgan fingerprint density at radius 3 is 2.87 bits per heavy atom. The summed E-state index contributed by atoms with van der Waals surface area (Å²) in [7, 11) is 0. The predicted octanol–water partition coefficient (Wildman–Crippen LogP) is 4.35. The number of nitrogens with zero attached hydrogens (tertiary/aromatic N) is 2. The number of amides is 1. The Morgan fingerprint density at radius 2 is 2.09 bits per heavy atom. The van der Waals surface area contributed by atoms with Gasteiger partial charge in [0.15, 0.2) is 0 Å². The van der Waals surface area contributed by atoms with Gasteiger partial charge in [-0.15, -0.1) is 11.3 Å². The molecule has 0 atom stereocenters. The minimum atomic E-state index is -0.136. The summed E-state index contributed by atoms with van der Waals surface area (Å²) < 4.78 is 0. The van der Waals surface area contributed by atoms with Gasteiger partial charge in [-0.05, 0) is 24.6 Å². The van der Waals surface area contributed by atoms with Crippen LogP contribution in [0.3, 0.4) is 0 Å². The highest BCUT2D eigenvalue weighted by molar-refractivity contribution is 7.13. The standard InChI is InChI=1S/C17H14ClN3OS/c1-11-5-4-8-19-16(11)21-15(22)9-12-10-23-17(20-12)13-6-2-3-7-14(13)18/h2-8,10H,9H2,1H3,(H,19,21,22). The first-order chi connectivity index (χ1) is 11.1. The van der Waals surface area contributed by atoms with E-state index in [0.717, 1.165) is 21.8 Å². The molecule has 23 heavy (non-hydrogen) atoms. The van der Waals surface area contributed by atoms with Crippen molar-refractivity contribution in [3.8, 4) is 10.6 Å². The summed E-state index contributed by atoms with van der Waals surface area (Å²) in [5.74, 6) is 0.446. The van der Waals surface area contributed by atoms with Crippen LogP contribution in [0.1, 0.15) is 11.3 Å². The number of carbonyl (C=O) groups excluding carboxylic acids is 1. The van der Waals surface area contributed by atoms with Gasteiger partial charge in [-0.3, -0.25) is 4.79 Å². The number of anilines is 1. The maximum Gasteiger partial charge on any atom is 0.231 e. The SMILES string of the molecule is Cc1cccnc1NC(=O)Cc1csc(-c2ccccc2Cl)n1. The van der Waals surface area contributed by atoms with E-state index >= 15 is 0 Å². The molecular formula is C17H14ClN3OS. The number of halogens is 1. The first-order valence-corrected chi connectivity index (χ1v) is 8.30. The van der Waals surface area contributed by atoms with Crippen LogP contribution in [0.5, 0.6) is 0 Å². The molecule has 116 valence electrons. The number of aryl methyl sites for hydroxylation is 1. The Labute approximate surface area is 143 Å². The lowest BCUT2D eigenvalue weighted by molar-refractivity contribution is -0.115. The van der Waals surface area contributed by atoms with Gasteiger partial charge in [-0.1, -0.05) is 35.9 Å². The minimum Gasteiger partial charge on any atom is -0.310 e. The molecule has 1 aromatic carbocycles. The van der Waals surface area contributed by atoms with Crippen molar-refractivity contribution in [3.63, 3.8) is 0 Å². The lowest BCUT2D eigenvalue weighted by atomic mass is 10.2. The van der Waals surface area contributed by atoms with Gasteiger partial charge in [0.1, 0.15) is 10.8 Å². The molecule has 0 spiro atoms. The summed E-state index contributed by atoms with van der Waals surface area (Å²) in [5, 5.41) is 6.15. The molecular weight excluding hydrogens is 330 g/mol. The molecule has 2 aromatic heterocycles. The van der Waals surface area contributed by atoms with Crippen LogP contribution in [-0.2, 0) is 11.2 Å². The Hall–Kier alpha value is -2.24. The number of aromatic nitrogens is 2. The number of hydrogen-bond donors (Lipinski definition) is 1. The monoisotopic (exact) mass is 343 g/mol. The number of benzene rings is 1. The maximum absolute atomic E-state index is 12.1. The van der Waals surface area contributed by atoms with E-state index in [4.69, 9.17) is 11.6 Å². The van der Waals surface area contributed by atoms with Gasteiger partial charge >= 0.3 is 0 Å². The fraction of sp³-hybridized carbons (Fsp3) is 0.118. The first kappa shape index (κ1) is 15.6. The van der Waals surface area contributed by atoms with Gasteiger partial charge in [0.2, 0.25) is 5.91 Å². The first-order valence-electron chi connectivity index (χ1n) is 7.04. The van der Waals surface area contributed by atoms with Gasteiger partial charge in [0, 0.05) is 17.1 Å². The average molecular weight is 344 g/mol. The molecule has 6 heteroatoms. The van der Waals surface area contributed by atoms with Crippen LogP contribution < -0.4 is 5.32 Å². The molecule has 0 aliphatic rings. The van der Waals surface area contributed by atoms with Crippen molar-refractivity contribution in [2.75, 3.05) is 5.32 Å². The molecule has 0 saturated carbocycles. The summed E-state index contributed by atoms with van der Waals surface area (Å²) in [6.07, 6.45) is 1.86. The van der Waals surface area contributed by atoms with Crippen molar-refractivity contribution in [3.05, 3.63) is 64.3 Å². The van der Waals surface area contributed by atoms with Crippen LogP contribution in [-0.4, -0.2) is 15.9 Å². The Bertz CT molecular complexity index is 847. The maximum atomic E-state index is 12.1. The molecule has 1 amide bonds. The highest BCUT2D eigenvalue weighted by atomic mass is 35.5. The summed E-state index contributed by atoms with van der Waals surface area (Å²) >= 11 is 7.65. The molecule has 0 unspecified atom stereocenters. The zero-order chi connectivity index (χ0) is 16.2. The molecule has 0 radical (unpaired) electrons. The third-order valence-corrected chi connectivity index (χ3v) is 4.52. The van der Waals surface area contributed by atoms with Crippen LogP contribution in [0.25, 0.3) is 10.6 Å². The molecule has 2 heterocycles. The average Bonchev–Trinajstić information content (AvgIpc) is 2.98. The number of carbonyl (C=O) groups is 1. The van der Waals surface area contributed by atoms with Gasteiger partial charge in [0.05, 0.1) is 17.1 Å². The van der Waals surface area contributed by atoms with Crippen molar-refractivity contribution < 1.29 is 4.79 Å². The van der Waals surface area contributed by atoms with Gasteiger partial charge < -0.3 is 5.32 Å². The normalized spacial score (nSPS) is 10.5. The Morgan fingerprint density at radius 1 is 1.26 bits per heavy atom. The van der Waals surface area contributed by atoms with E-state index in [1.807, 2.05) is 48.7 Å². The van der Waals surface area contributed by atoms with E-state index in [1.165, 1.54) is 11.3 Å². The van der Waals surface area contributed by atoms with Crippen molar-refractivity contribution in [1.29, 1.82) is 0 Å². The quantitative estimate of drug-likeness (QED) is 0.766. The van der Waals surface area contributed by atoms with E-state index in [9.17, 15) is 4.79 Å². The second kappa shape index (κ2) is 6.89. The van der Waals surface area contributed by atoms with E-state index < -0.39 is 0 Å². The highest BCUT2D eigenvalue weighted by Gasteiger charge is 2.12. The molecule has 0 saturated heterocycles. The van der Waals surface area contributed by atoms with Gasteiger partial charge in [-0.2, -0.15) is 0 Å². The summed E-state index contributed by atoms with van der Waals surface area (Å²) in [6, 6.07) is 11.3. The van der Waals surface area contributed by atoms with Gasteiger partial charge in [0.25, 0.3) is 0 Å². The molecule has 1 N–H and O–H groups in total. The second-order valence-electron chi connectivity index (χ2n) is 5.02. The fourth-order valence-corrected chi connectivity index (χ4v) is 3.24. The zero-order valence-corrected chi connectivity index (χ0v) is 14.0. The van der Waals surface area contributed by atoms with Crippen LogP contribution in [0.15, 0.2) is 48.0 Å². The Balaban J connectivity index is 1.71. The molecule has 4 nitrogen and oxygen atoms in total. The summed E-state index contributed by atoms with van der Waals surface area (Å²) in [6.45, 7) is 1.90. The number of pyridine rings is 1. The van der Waals surface area contributed by atoms with Crippen molar-refractivity contribution in [2.45, 2.75) is 13.3 Å². The topological polar surface area (TPSA) is 54.9 Å². The Kier molecular flexibility index (Phi) is 4.69. The van der Waals surface area contributed by atoms with Crippen molar-refractivity contribution >= 4 is 34.7 Å².